The molecule has 0 unspecified atom stereocenters. The molecule has 32 heavy (non-hydrogen) atoms. The van der Waals surface area contributed by atoms with Crippen molar-refractivity contribution in [2.24, 2.45) is 5.10 Å². The Bertz CT molecular complexity index is 1100. The van der Waals surface area contributed by atoms with E-state index in [0.717, 1.165) is 33.0 Å². The topological polar surface area (TPSA) is 69.2 Å². The van der Waals surface area contributed by atoms with Gasteiger partial charge >= 0.3 is 0 Å². The van der Waals surface area contributed by atoms with Gasteiger partial charge in [0, 0.05) is 16.1 Å². The number of carbonyl (C=O) groups excluding carboxylic acids is 1. The number of aryl methyl sites for hydroxylation is 2. The molecule has 0 aromatic heterocycles. The molecule has 0 heterocycles. The first-order chi connectivity index (χ1) is 15.4. The zero-order chi connectivity index (χ0) is 23.1. The zero-order valence-corrected chi connectivity index (χ0v) is 19.2. The molecule has 3 aromatic carbocycles. The average Bonchev–Trinajstić information content (AvgIpc) is 2.81. The molecule has 3 aromatic rings. The third-order valence-electron chi connectivity index (χ3n) is 4.84. The highest BCUT2D eigenvalue weighted by atomic mass is 35.5. The van der Waals surface area contributed by atoms with Gasteiger partial charge in [0.25, 0.3) is 5.91 Å². The van der Waals surface area contributed by atoms with Crippen molar-refractivity contribution in [3.8, 4) is 17.2 Å². The van der Waals surface area contributed by atoms with E-state index in [1.54, 1.807) is 44.7 Å². The van der Waals surface area contributed by atoms with Crippen LogP contribution in [0.25, 0.3) is 0 Å². The first-order valence-electron chi connectivity index (χ1n) is 9.95. The Labute approximate surface area is 192 Å². The molecule has 0 radical (unpaired) electrons. The van der Waals surface area contributed by atoms with Crippen LogP contribution in [0.5, 0.6) is 17.2 Å². The number of ether oxygens (including phenoxy) is 3. The third-order valence-corrected chi connectivity index (χ3v) is 5.44. The monoisotopic (exact) mass is 452 g/mol. The van der Waals surface area contributed by atoms with Gasteiger partial charge in [0.05, 0.1) is 20.4 Å². The molecule has 6 nitrogen and oxygen atoms in total. The van der Waals surface area contributed by atoms with E-state index < -0.39 is 0 Å². The van der Waals surface area contributed by atoms with Crippen molar-refractivity contribution in [1.82, 2.24) is 5.43 Å². The van der Waals surface area contributed by atoms with Gasteiger partial charge in [-0.3, -0.25) is 4.79 Å². The van der Waals surface area contributed by atoms with Crippen molar-refractivity contribution >= 4 is 23.7 Å². The molecule has 0 spiro atoms. The molecule has 0 aliphatic rings. The Kier molecular flexibility index (Phi) is 7.73. The van der Waals surface area contributed by atoms with Crippen LogP contribution in [-0.4, -0.2) is 26.3 Å². The molecule has 0 fully saturated rings. The van der Waals surface area contributed by atoms with Crippen LogP contribution >= 0.6 is 11.6 Å². The van der Waals surface area contributed by atoms with E-state index in [1.165, 1.54) is 0 Å². The quantitative estimate of drug-likeness (QED) is 0.371. The van der Waals surface area contributed by atoms with Crippen molar-refractivity contribution in [2.45, 2.75) is 20.5 Å². The summed E-state index contributed by atoms with van der Waals surface area (Å²) < 4.78 is 16.5. The van der Waals surface area contributed by atoms with Crippen molar-refractivity contribution in [3.05, 3.63) is 87.4 Å². The first-order valence-corrected chi connectivity index (χ1v) is 10.3. The van der Waals surface area contributed by atoms with Gasteiger partial charge in [-0.05, 0) is 85.1 Å². The number of hydrogen-bond acceptors (Lipinski definition) is 5. The van der Waals surface area contributed by atoms with Crippen LogP contribution in [0.15, 0.2) is 59.7 Å². The third kappa shape index (κ3) is 5.80. The second-order valence-electron chi connectivity index (χ2n) is 7.16. The molecule has 0 aliphatic heterocycles. The summed E-state index contributed by atoms with van der Waals surface area (Å²) in [6.45, 7) is 4.20. The summed E-state index contributed by atoms with van der Waals surface area (Å²) in [5, 5.41) is 4.80. The SMILES string of the molecule is COc1ccc(C(=O)NN=Cc2ccc(OC)c(COc3cc(C)c(Cl)c(C)c3)c2)cc1. The summed E-state index contributed by atoms with van der Waals surface area (Å²) in [4.78, 5) is 12.2. The van der Waals surface area contributed by atoms with Crippen molar-refractivity contribution in [1.29, 1.82) is 0 Å². The minimum atomic E-state index is -0.311. The van der Waals surface area contributed by atoms with Crippen molar-refractivity contribution in [2.75, 3.05) is 14.2 Å². The van der Waals surface area contributed by atoms with E-state index in [-0.39, 0.29) is 5.91 Å². The predicted octanol–water partition coefficient (Wildman–Crippen LogP) is 5.32. The van der Waals surface area contributed by atoms with Gasteiger partial charge in [0.15, 0.2) is 0 Å². The summed E-state index contributed by atoms with van der Waals surface area (Å²) >= 11 is 6.23. The second kappa shape index (κ2) is 10.7. The first kappa shape index (κ1) is 23.2. The molecule has 0 saturated heterocycles. The lowest BCUT2D eigenvalue weighted by atomic mass is 10.1. The Morgan fingerprint density at radius 3 is 2.28 bits per heavy atom. The maximum Gasteiger partial charge on any atom is 0.271 e. The van der Waals surface area contributed by atoms with Crippen LogP contribution in [-0.2, 0) is 6.61 Å². The Hall–Kier alpha value is -3.51. The summed E-state index contributed by atoms with van der Waals surface area (Å²) in [6.07, 6.45) is 1.57. The highest BCUT2D eigenvalue weighted by Gasteiger charge is 2.08. The minimum Gasteiger partial charge on any atom is -0.497 e. The molecule has 0 atom stereocenters. The van der Waals surface area contributed by atoms with Crippen LogP contribution in [0.1, 0.15) is 32.6 Å². The van der Waals surface area contributed by atoms with Gasteiger partial charge < -0.3 is 14.2 Å². The van der Waals surface area contributed by atoms with E-state index >= 15 is 0 Å². The van der Waals surface area contributed by atoms with E-state index in [9.17, 15) is 4.79 Å². The Balaban J connectivity index is 1.67. The zero-order valence-electron chi connectivity index (χ0n) is 18.4. The van der Waals surface area contributed by atoms with Crippen molar-refractivity contribution in [3.63, 3.8) is 0 Å². The maximum absolute atomic E-state index is 12.2. The Morgan fingerprint density at radius 2 is 1.66 bits per heavy atom. The van der Waals surface area contributed by atoms with Gasteiger partial charge in [-0.15, -0.1) is 0 Å². The van der Waals surface area contributed by atoms with E-state index in [0.29, 0.717) is 23.7 Å². The lowest BCUT2D eigenvalue weighted by Gasteiger charge is -2.13. The van der Waals surface area contributed by atoms with E-state index in [1.807, 2.05) is 44.2 Å². The Morgan fingerprint density at radius 1 is 0.969 bits per heavy atom. The number of halogens is 1. The summed E-state index contributed by atoms with van der Waals surface area (Å²) in [5.74, 6) is 1.81. The van der Waals surface area contributed by atoms with Crippen LogP contribution in [0.2, 0.25) is 5.02 Å². The summed E-state index contributed by atoms with van der Waals surface area (Å²) in [6, 6.07) is 16.2. The average molecular weight is 453 g/mol. The smallest absolute Gasteiger partial charge is 0.271 e. The molecule has 166 valence electrons. The second-order valence-corrected chi connectivity index (χ2v) is 7.54. The highest BCUT2D eigenvalue weighted by molar-refractivity contribution is 6.32. The molecule has 1 N–H and O–H groups in total. The molecule has 0 aliphatic carbocycles. The fourth-order valence-electron chi connectivity index (χ4n) is 3.11. The number of amides is 1. The van der Waals surface area contributed by atoms with Gasteiger partial charge in [0.2, 0.25) is 0 Å². The number of rotatable bonds is 8. The molecule has 0 bridgehead atoms. The summed E-state index contributed by atoms with van der Waals surface area (Å²) in [7, 11) is 3.18. The summed E-state index contributed by atoms with van der Waals surface area (Å²) in [5.41, 5.74) is 6.57. The molecule has 1 amide bonds. The van der Waals surface area contributed by atoms with Crippen LogP contribution in [0.3, 0.4) is 0 Å². The maximum atomic E-state index is 12.2. The lowest BCUT2D eigenvalue weighted by molar-refractivity contribution is 0.0955. The van der Waals surface area contributed by atoms with Crippen LogP contribution < -0.4 is 19.6 Å². The number of nitrogens with one attached hydrogen (secondary N) is 1. The fourth-order valence-corrected chi connectivity index (χ4v) is 3.22. The number of hydrogen-bond donors (Lipinski definition) is 1. The number of benzene rings is 3. The molecule has 0 saturated carbocycles. The molecule has 3 rings (SSSR count). The molecular weight excluding hydrogens is 428 g/mol. The highest BCUT2D eigenvalue weighted by Crippen LogP contribution is 2.27. The van der Waals surface area contributed by atoms with Crippen LogP contribution in [0.4, 0.5) is 0 Å². The largest absolute Gasteiger partial charge is 0.497 e. The minimum absolute atomic E-state index is 0.309. The van der Waals surface area contributed by atoms with Gasteiger partial charge in [-0.1, -0.05) is 11.6 Å². The van der Waals surface area contributed by atoms with Gasteiger partial charge in [0.1, 0.15) is 23.9 Å². The molecular formula is C25H25ClN2O4. The van der Waals surface area contributed by atoms with Gasteiger partial charge in [-0.2, -0.15) is 5.10 Å². The van der Waals surface area contributed by atoms with Crippen LogP contribution in [0, 0.1) is 13.8 Å². The van der Waals surface area contributed by atoms with E-state index in [2.05, 4.69) is 10.5 Å². The predicted molar refractivity (Wildman–Crippen MR) is 126 cm³/mol. The fraction of sp³-hybridized carbons (Fsp3) is 0.200. The van der Waals surface area contributed by atoms with E-state index in [4.69, 9.17) is 25.8 Å². The number of carbonyl (C=O) groups is 1. The number of hydrazone groups is 1. The number of methoxy groups -OCH3 is 2. The normalized spacial score (nSPS) is 10.8. The standard InChI is InChI=1S/C25H25ClN2O4/c1-16-11-22(12-17(2)24(16)26)32-15-20-13-18(5-10-23(20)31-4)14-27-28-25(29)19-6-8-21(30-3)9-7-19/h5-14H,15H2,1-4H3,(H,28,29). The number of nitrogens with zero attached hydrogens (tertiary/aromatic N) is 1. The van der Waals surface area contributed by atoms with Crippen molar-refractivity contribution < 1.29 is 19.0 Å². The molecule has 7 heteroatoms. The lowest BCUT2D eigenvalue weighted by Crippen LogP contribution is -2.17. The van der Waals surface area contributed by atoms with Gasteiger partial charge in [-0.25, -0.2) is 5.43 Å².